The Morgan fingerprint density at radius 1 is 0.833 bits per heavy atom. The summed E-state index contributed by atoms with van der Waals surface area (Å²) in [6, 6.07) is 22.0. The van der Waals surface area contributed by atoms with Gasteiger partial charge in [-0.2, -0.15) is 4.57 Å². The van der Waals surface area contributed by atoms with Crippen molar-refractivity contribution in [2.24, 2.45) is 0 Å². The molecule has 2 aromatic heterocycles. The number of benzene rings is 2. The summed E-state index contributed by atoms with van der Waals surface area (Å²) in [5.41, 5.74) is 7.88. The van der Waals surface area contributed by atoms with Crippen LogP contribution in [0.3, 0.4) is 0 Å². The van der Waals surface area contributed by atoms with E-state index in [4.69, 9.17) is 0 Å². The Hall–Kier alpha value is -2.87. The monoisotopic (exact) mass is 311 g/mol. The van der Waals surface area contributed by atoms with Gasteiger partial charge in [0.15, 0.2) is 6.20 Å². The lowest BCUT2D eigenvalue weighted by Gasteiger charge is -2.06. The van der Waals surface area contributed by atoms with E-state index in [2.05, 4.69) is 89.8 Å². The topological polar surface area (TPSA) is 8.81 Å². The molecular formula is C22H19N2+. The molecule has 1 aliphatic heterocycles. The highest BCUT2D eigenvalue weighted by Gasteiger charge is 2.27. The molecule has 0 fully saturated rings. The van der Waals surface area contributed by atoms with Crippen molar-refractivity contribution in [1.29, 1.82) is 0 Å². The quantitative estimate of drug-likeness (QED) is 0.367. The van der Waals surface area contributed by atoms with Crippen LogP contribution in [0.2, 0.25) is 0 Å². The number of aromatic nitrogens is 2. The molecule has 2 aromatic carbocycles. The van der Waals surface area contributed by atoms with E-state index in [-0.39, 0.29) is 0 Å². The van der Waals surface area contributed by atoms with Crippen LogP contribution in [0.4, 0.5) is 0 Å². The van der Waals surface area contributed by atoms with Gasteiger partial charge in [-0.15, -0.1) is 0 Å². The van der Waals surface area contributed by atoms with Gasteiger partial charge in [0.25, 0.3) is 0 Å². The van der Waals surface area contributed by atoms with Gasteiger partial charge in [0.05, 0.1) is 11.3 Å². The van der Waals surface area contributed by atoms with Crippen LogP contribution in [0.5, 0.6) is 0 Å². The van der Waals surface area contributed by atoms with Crippen molar-refractivity contribution in [2.75, 3.05) is 0 Å². The summed E-state index contributed by atoms with van der Waals surface area (Å²) in [5, 5.41) is 2.69. The molecule has 2 heteroatoms. The lowest BCUT2D eigenvalue weighted by atomic mass is 9.98. The molecule has 0 unspecified atom stereocenters. The fourth-order valence-electron chi connectivity index (χ4n) is 3.99. The second-order valence-corrected chi connectivity index (χ2v) is 6.65. The van der Waals surface area contributed by atoms with E-state index in [1.54, 1.807) is 0 Å². The number of aryl methyl sites for hydroxylation is 2. The summed E-state index contributed by atoms with van der Waals surface area (Å²) in [6.45, 7) is 5.24. The summed E-state index contributed by atoms with van der Waals surface area (Å²) >= 11 is 0. The minimum atomic E-state index is 0.847. The third kappa shape index (κ3) is 1.74. The zero-order chi connectivity index (χ0) is 16.3. The van der Waals surface area contributed by atoms with E-state index in [0.717, 1.165) is 6.67 Å². The van der Waals surface area contributed by atoms with Crippen LogP contribution in [0, 0.1) is 13.8 Å². The molecular weight excluding hydrogens is 292 g/mol. The highest BCUT2D eigenvalue weighted by Crippen LogP contribution is 2.39. The van der Waals surface area contributed by atoms with Crippen molar-refractivity contribution in [1.82, 2.24) is 4.57 Å². The highest BCUT2D eigenvalue weighted by molar-refractivity contribution is 6.01. The van der Waals surface area contributed by atoms with Crippen molar-refractivity contribution in [3.8, 4) is 22.5 Å². The fourth-order valence-corrected chi connectivity index (χ4v) is 3.99. The van der Waals surface area contributed by atoms with Gasteiger partial charge in [-0.05, 0) is 25.5 Å². The van der Waals surface area contributed by atoms with Gasteiger partial charge in [0, 0.05) is 34.2 Å². The molecule has 0 amide bonds. The molecule has 3 heterocycles. The van der Waals surface area contributed by atoms with Gasteiger partial charge in [0.2, 0.25) is 12.4 Å². The molecule has 116 valence electrons. The SMILES string of the molecule is Cc1cc[n+]2c(c1)-c1ccccc1-c1c3ccccc3c(C)n1C2. The summed E-state index contributed by atoms with van der Waals surface area (Å²) in [6.07, 6.45) is 2.21. The number of rotatable bonds is 0. The molecule has 5 rings (SSSR count). The lowest BCUT2D eigenvalue weighted by Crippen LogP contribution is -2.38. The molecule has 0 aliphatic carbocycles. The molecule has 4 aromatic rings. The van der Waals surface area contributed by atoms with Crippen molar-refractivity contribution in [2.45, 2.75) is 20.5 Å². The number of hydrogen-bond acceptors (Lipinski definition) is 0. The molecule has 1 aliphatic rings. The Kier molecular flexibility index (Phi) is 2.72. The van der Waals surface area contributed by atoms with E-state index in [1.807, 2.05) is 0 Å². The van der Waals surface area contributed by atoms with Crippen LogP contribution in [-0.4, -0.2) is 4.57 Å². The van der Waals surface area contributed by atoms with Crippen molar-refractivity contribution >= 4 is 10.8 Å². The van der Waals surface area contributed by atoms with Gasteiger partial charge < -0.3 is 0 Å². The van der Waals surface area contributed by atoms with Crippen LogP contribution in [-0.2, 0) is 6.67 Å². The van der Waals surface area contributed by atoms with E-state index in [0.29, 0.717) is 0 Å². The number of hydrogen-bond donors (Lipinski definition) is 0. The first kappa shape index (κ1) is 13.6. The molecule has 0 spiro atoms. The predicted octanol–water partition coefficient (Wildman–Crippen LogP) is 4.70. The first-order valence-corrected chi connectivity index (χ1v) is 8.42. The largest absolute Gasteiger partial charge is 0.288 e. The Morgan fingerprint density at radius 3 is 2.38 bits per heavy atom. The molecule has 2 nitrogen and oxygen atoms in total. The molecule has 0 atom stereocenters. The van der Waals surface area contributed by atoms with Crippen LogP contribution >= 0.6 is 0 Å². The Morgan fingerprint density at radius 2 is 1.54 bits per heavy atom. The van der Waals surface area contributed by atoms with Gasteiger partial charge in [-0.1, -0.05) is 42.5 Å². The molecule has 0 bridgehead atoms. The number of nitrogens with zero attached hydrogens (tertiary/aromatic N) is 2. The van der Waals surface area contributed by atoms with Crippen molar-refractivity contribution in [3.63, 3.8) is 0 Å². The van der Waals surface area contributed by atoms with Gasteiger partial charge in [-0.3, -0.25) is 4.57 Å². The number of pyridine rings is 1. The van der Waals surface area contributed by atoms with Crippen LogP contribution in [0.15, 0.2) is 66.9 Å². The predicted molar refractivity (Wildman–Crippen MR) is 97.9 cm³/mol. The Balaban J connectivity index is 1.97. The summed E-state index contributed by atoms with van der Waals surface area (Å²) in [4.78, 5) is 0. The summed E-state index contributed by atoms with van der Waals surface area (Å²) in [7, 11) is 0. The molecule has 0 radical (unpaired) electrons. The average Bonchev–Trinajstić information content (AvgIpc) is 2.80. The van der Waals surface area contributed by atoms with Gasteiger partial charge in [-0.25, -0.2) is 0 Å². The molecule has 0 N–H and O–H groups in total. The Labute approximate surface area is 141 Å². The van der Waals surface area contributed by atoms with Gasteiger partial charge in [0.1, 0.15) is 0 Å². The van der Waals surface area contributed by atoms with Crippen molar-refractivity contribution < 1.29 is 4.57 Å². The smallest absolute Gasteiger partial charge is 0.228 e. The lowest BCUT2D eigenvalue weighted by molar-refractivity contribution is -0.690. The second kappa shape index (κ2) is 4.81. The van der Waals surface area contributed by atoms with Crippen LogP contribution < -0.4 is 4.57 Å². The molecule has 0 saturated carbocycles. The summed E-state index contributed by atoms with van der Waals surface area (Å²) in [5.74, 6) is 0. The zero-order valence-corrected chi connectivity index (χ0v) is 14.0. The molecule has 0 saturated heterocycles. The zero-order valence-electron chi connectivity index (χ0n) is 14.0. The minimum Gasteiger partial charge on any atom is -0.288 e. The third-order valence-electron chi connectivity index (χ3n) is 5.19. The Bertz CT molecular complexity index is 1100. The minimum absolute atomic E-state index is 0.847. The number of fused-ring (bicyclic) bond motifs is 7. The van der Waals surface area contributed by atoms with E-state index < -0.39 is 0 Å². The van der Waals surface area contributed by atoms with E-state index in [9.17, 15) is 0 Å². The first-order valence-electron chi connectivity index (χ1n) is 8.42. The third-order valence-corrected chi connectivity index (χ3v) is 5.19. The standard InChI is InChI=1S/C22H19N2/c1-15-11-12-23-14-24-16(2)17-7-3-5-9-19(17)22(24)20-10-6-4-8-18(20)21(23)13-15/h3-13H,14H2,1-2H3/q+1. The maximum Gasteiger partial charge on any atom is 0.228 e. The maximum atomic E-state index is 2.45. The van der Waals surface area contributed by atoms with Crippen LogP contribution in [0.1, 0.15) is 11.3 Å². The van der Waals surface area contributed by atoms with E-state index >= 15 is 0 Å². The average molecular weight is 311 g/mol. The molecule has 24 heavy (non-hydrogen) atoms. The second-order valence-electron chi connectivity index (χ2n) is 6.65. The highest BCUT2D eigenvalue weighted by atomic mass is 15.2. The normalized spacial score (nSPS) is 12.4. The summed E-state index contributed by atoms with van der Waals surface area (Å²) < 4.78 is 4.81. The van der Waals surface area contributed by atoms with Gasteiger partial charge >= 0.3 is 0 Å². The first-order chi connectivity index (χ1) is 11.7. The fraction of sp³-hybridized carbons (Fsp3) is 0.136. The van der Waals surface area contributed by atoms with Crippen LogP contribution in [0.25, 0.3) is 33.3 Å². The van der Waals surface area contributed by atoms with Crippen molar-refractivity contribution in [3.05, 3.63) is 78.1 Å². The maximum absolute atomic E-state index is 2.45. The van der Waals surface area contributed by atoms with E-state index in [1.165, 1.54) is 44.5 Å².